The van der Waals surface area contributed by atoms with Crippen molar-refractivity contribution in [1.29, 1.82) is 0 Å². The predicted octanol–water partition coefficient (Wildman–Crippen LogP) is 3.28. The Balaban J connectivity index is 1.72. The van der Waals surface area contributed by atoms with Gasteiger partial charge in [-0.3, -0.25) is 0 Å². The van der Waals surface area contributed by atoms with Crippen LogP contribution in [0.4, 0.5) is 0 Å². The van der Waals surface area contributed by atoms with Crippen molar-refractivity contribution in [2.24, 2.45) is 0 Å². The lowest BCUT2D eigenvalue weighted by atomic mass is 10.0. The van der Waals surface area contributed by atoms with E-state index < -0.39 is 0 Å². The van der Waals surface area contributed by atoms with E-state index in [0.29, 0.717) is 0 Å². The first-order chi connectivity index (χ1) is 7.34. The van der Waals surface area contributed by atoms with E-state index in [1.807, 2.05) is 0 Å². The van der Waals surface area contributed by atoms with Gasteiger partial charge in [0.05, 0.1) is 12.7 Å². The maximum atomic E-state index is 9.54. The van der Waals surface area contributed by atoms with Crippen LogP contribution in [0.2, 0.25) is 0 Å². The molecule has 2 nitrogen and oxygen atoms in total. The maximum absolute atomic E-state index is 9.54. The molecule has 1 saturated heterocycles. The zero-order valence-corrected chi connectivity index (χ0v) is 10.1. The Hall–Kier alpha value is -0.0800. The molecule has 1 aliphatic rings. The van der Waals surface area contributed by atoms with Crippen molar-refractivity contribution in [3.8, 4) is 0 Å². The molecule has 0 aromatic heterocycles. The third-order valence-electron chi connectivity index (χ3n) is 3.14. The molecule has 1 fully saturated rings. The Kier molecular flexibility index (Phi) is 7.03. The van der Waals surface area contributed by atoms with Gasteiger partial charge in [0.1, 0.15) is 6.10 Å². The van der Waals surface area contributed by atoms with E-state index in [1.165, 1.54) is 44.9 Å². The molecule has 15 heavy (non-hydrogen) atoms. The second kappa shape index (κ2) is 8.12. The molecule has 0 aliphatic carbocycles. The summed E-state index contributed by atoms with van der Waals surface area (Å²) < 4.78 is 5.04. The number of hydrogen-bond donors (Lipinski definition) is 1. The van der Waals surface area contributed by atoms with Gasteiger partial charge in [0.25, 0.3) is 0 Å². The molecular weight excluding hydrogens is 188 g/mol. The second-order valence-electron chi connectivity index (χ2n) is 4.70. The van der Waals surface area contributed by atoms with E-state index in [2.05, 4.69) is 6.92 Å². The fraction of sp³-hybridized carbons (Fsp3) is 1.00. The van der Waals surface area contributed by atoms with Crippen LogP contribution in [0.1, 0.15) is 64.7 Å². The smallest absolute Gasteiger partial charge is 0.107 e. The van der Waals surface area contributed by atoms with Gasteiger partial charge < -0.3 is 9.84 Å². The summed E-state index contributed by atoms with van der Waals surface area (Å²) in [5, 5.41) is 9.54. The van der Waals surface area contributed by atoms with Crippen LogP contribution in [0.5, 0.6) is 0 Å². The lowest BCUT2D eigenvalue weighted by molar-refractivity contribution is 0.123. The Labute approximate surface area is 94.0 Å². The minimum absolute atomic E-state index is 0.176. The molecular formula is C13H26O2. The minimum atomic E-state index is -0.190. The standard InChI is InChI=1S/C13H26O2/c1-2-3-4-5-6-7-8-9-10-12(14)13-11-15-13/h12-14H,2-11H2,1H3/t12-,13-/m1/s1. The molecule has 2 atom stereocenters. The molecule has 0 radical (unpaired) electrons. The number of epoxide rings is 1. The number of unbranched alkanes of at least 4 members (excludes halogenated alkanes) is 7. The van der Waals surface area contributed by atoms with Crippen LogP contribution < -0.4 is 0 Å². The fourth-order valence-electron chi connectivity index (χ4n) is 1.95. The van der Waals surface area contributed by atoms with E-state index in [9.17, 15) is 5.11 Å². The highest BCUT2D eigenvalue weighted by Gasteiger charge is 2.30. The normalized spacial score (nSPS) is 21.6. The number of hydrogen-bond acceptors (Lipinski definition) is 2. The first kappa shape index (κ1) is 13.0. The summed E-state index contributed by atoms with van der Waals surface area (Å²) in [5.74, 6) is 0. The van der Waals surface area contributed by atoms with Gasteiger partial charge in [0.2, 0.25) is 0 Å². The molecule has 0 unspecified atom stereocenters. The van der Waals surface area contributed by atoms with Crippen LogP contribution in [0.15, 0.2) is 0 Å². The summed E-state index contributed by atoms with van der Waals surface area (Å²) in [6, 6.07) is 0. The van der Waals surface area contributed by atoms with Crippen molar-refractivity contribution in [3.63, 3.8) is 0 Å². The minimum Gasteiger partial charge on any atom is -0.390 e. The van der Waals surface area contributed by atoms with Crippen LogP contribution in [0.3, 0.4) is 0 Å². The third kappa shape index (κ3) is 6.91. The van der Waals surface area contributed by atoms with Crippen LogP contribution in [0.25, 0.3) is 0 Å². The molecule has 1 heterocycles. The van der Waals surface area contributed by atoms with E-state index >= 15 is 0 Å². The summed E-state index contributed by atoms with van der Waals surface area (Å²) >= 11 is 0. The monoisotopic (exact) mass is 214 g/mol. The lowest BCUT2D eigenvalue weighted by Gasteiger charge is -2.06. The van der Waals surface area contributed by atoms with E-state index in [4.69, 9.17) is 4.74 Å². The van der Waals surface area contributed by atoms with Crippen molar-refractivity contribution >= 4 is 0 Å². The van der Waals surface area contributed by atoms with Crippen LogP contribution >= 0.6 is 0 Å². The van der Waals surface area contributed by atoms with Crippen molar-refractivity contribution in [2.75, 3.05) is 6.61 Å². The zero-order chi connectivity index (χ0) is 10.9. The van der Waals surface area contributed by atoms with Gasteiger partial charge in [0.15, 0.2) is 0 Å². The summed E-state index contributed by atoms with van der Waals surface area (Å²) in [7, 11) is 0. The van der Waals surface area contributed by atoms with Crippen molar-refractivity contribution in [2.45, 2.75) is 76.9 Å². The number of aliphatic hydroxyl groups excluding tert-OH is 1. The van der Waals surface area contributed by atoms with E-state index in [1.54, 1.807) is 0 Å². The molecule has 0 saturated carbocycles. The van der Waals surface area contributed by atoms with Gasteiger partial charge in [-0.15, -0.1) is 0 Å². The first-order valence-electron chi connectivity index (χ1n) is 6.64. The molecule has 2 heteroatoms. The molecule has 0 bridgehead atoms. The quantitative estimate of drug-likeness (QED) is 0.447. The molecule has 90 valence electrons. The van der Waals surface area contributed by atoms with Crippen LogP contribution in [-0.2, 0) is 4.74 Å². The lowest BCUT2D eigenvalue weighted by Crippen LogP contribution is -2.13. The highest BCUT2D eigenvalue weighted by atomic mass is 16.6. The predicted molar refractivity (Wildman–Crippen MR) is 63.0 cm³/mol. The summed E-state index contributed by atoms with van der Waals surface area (Å²) in [4.78, 5) is 0. The molecule has 1 N–H and O–H groups in total. The van der Waals surface area contributed by atoms with Crippen LogP contribution in [0, 0.1) is 0 Å². The Bertz CT molecular complexity index is 143. The fourth-order valence-corrected chi connectivity index (χ4v) is 1.95. The van der Waals surface area contributed by atoms with Crippen molar-refractivity contribution < 1.29 is 9.84 Å². The van der Waals surface area contributed by atoms with Crippen LogP contribution in [-0.4, -0.2) is 23.9 Å². The van der Waals surface area contributed by atoms with Gasteiger partial charge in [-0.2, -0.15) is 0 Å². The highest BCUT2D eigenvalue weighted by molar-refractivity contribution is 4.77. The summed E-state index contributed by atoms with van der Waals surface area (Å²) in [6.45, 7) is 3.03. The van der Waals surface area contributed by atoms with Gasteiger partial charge in [-0.25, -0.2) is 0 Å². The number of rotatable bonds is 10. The average Bonchev–Trinajstić information content (AvgIpc) is 3.05. The number of aliphatic hydroxyl groups is 1. The van der Waals surface area contributed by atoms with E-state index in [-0.39, 0.29) is 12.2 Å². The second-order valence-corrected chi connectivity index (χ2v) is 4.70. The zero-order valence-electron chi connectivity index (χ0n) is 10.1. The molecule has 1 aliphatic heterocycles. The first-order valence-corrected chi connectivity index (χ1v) is 6.64. The molecule has 1 rings (SSSR count). The maximum Gasteiger partial charge on any atom is 0.107 e. The van der Waals surface area contributed by atoms with Gasteiger partial charge in [0, 0.05) is 0 Å². The Morgan fingerprint density at radius 3 is 2.13 bits per heavy atom. The molecule has 0 spiro atoms. The van der Waals surface area contributed by atoms with Gasteiger partial charge >= 0.3 is 0 Å². The molecule has 0 aromatic rings. The summed E-state index contributed by atoms with van der Waals surface area (Å²) in [5.41, 5.74) is 0. The van der Waals surface area contributed by atoms with Gasteiger partial charge in [-0.1, -0.05) is 58.3 Å². The van der Waals surface area contributed by atoms with E-state index in [0.717, 1.165) is 19.4 Å². The average molecular weight is 214 g/mol. The van der Waals surface area contributed by atoms with Crippen molar-refractivity contribution in [1.82, 2.24) is 0 Å². The SMILES string of the molecule is CCCCCCCCCC[C@@H](O)[C@H]1CO1. The molecule has 0 amide bonds. The molecule has 0 aromatic carbocycles. The Morgan fingerprint density at radius 2 is 1.60 bits per heavy atom. The summed E-state index contributed by atoms with van der Waals surface area (Å²) in [6.07, 6.45) is 11.6. The largest absolute Gasteiger partial charge is 0.390 e. The number of ether oxygens (including phenoxy) is 1. The van der Waals surface area contributed by atoms with Crippen molar-refractivity contribution in [3.05, 3.63) is 0 Å². The highest BCUT2D eigenvalue weighted by Crippen LogP contribution is 2.19. The topological polar surface area (TPSA) is 32.8 Å². The Morgan fingerprint density at radius 1 is 1.07 bits per heavy atom. The third-order valence-corrected chi connectivity index (χ3v) is 3.14. The van der Waals surface area contributed by atoms with Gasteiger partial charge in [-0.05, 0) is 6.42 Å².